The highest BCUT2D eigenvalue weighted by Crippen LogP contribution is 2.41. The molecule has 3 aromatic rings. The number of ether oxygens (including phenoxy) is 1. The number of aromatic nitrogens is 4. The van der Waals surface area contributed by atoms with Crippen LogP contribution in [-0.2, 0) is 0 Å². The predicted molar refractivity (Wildman–Crippen MR) is 86.3 cm³/mol. The molecule has 2 heterocycles. The monoisotopic (exact) mass is 334 g/mol. The summed E-state index contributed by atoms with van der Waals surface area (Å²) < 4.78 is 21.3. The summed E-state index contributed by atoms with van der Waals surface area (Å²) in [7, 11) is 1.50. The van der Waals surface area contributed by atoms with Crippen molar-refractivity contribution in [1.82, 2.24) is 19.7 Å². The molecule has 2 aromatic heterocycles. The summed E-state index contributed by atoms with van der Waals surface area (Å²) in [5.74, 6) is 1.00. The van der Waals surface area contributed by atoms with Gasteiger partial charge in [0.05, 0.1) is 29.9 Å². The first-order valence-corrected chi connectivity index (χ1v) is 7.93. The minimum atomic E-state index is -0.443. The number of methoxy groups -OCH3 is 1. The molecule has 0 aliphatic heterocycles. The summed E-state index contributed by atoms with van der Waals surface area (Å²) in [5, 5.41) is 4.61. The second-order valence-corrected chi connectivity index (χ2v) is 6.31. The quantitative estimate of drug-likeness (QED) is 0.778. The molecule has 5 nitrogen and oxygen atoms in total. The second-order valence-electron chi connectivity index (χ2n) is 5.93. The molecule has 1 aliphatic carbocycles. The summed E-state index contributed by atoms with van der Waals surface area (Å²) in [6, 6.07) is 3.11. The third-order valence-electron chi connectivity index (χ3n) is 4.44. The van der Waals surface area contributed by atoms with E-state index in [-0.39, 0.29) is 16.6 Å². The number of nitrogens with one attached hydrogen (secondary N) is 1. The lowest BCUT2D eigenvalue weighted by Crippen LogP contribution is -2.08. The maximum absolute atomic E-state index is 14.3. The lowest BCUT2D eigenvalue weighted by Gasteiger charge is -2.10. The maximum atomic E-state index is 14.3. The zero-order chi connectivity index (χ0) is 16.1. The van der Waals surface area contributed by atoms with Crippen molar-refractivity contribution in [2.24, 2.45) is 5.92 Å². The molecule has 1 N–H and O–H groups in total. The lowest BCUT2D eigenvalue weighted by molar-refractivity contribution is 0.414. The topological polar surface area (TPSA) is 55.7 Å². The lowest BCUT2D eigenvalue weighted by atomic mass is 10.2. The van der Waals surface area contributed by atoms with E-state index in [1.165, 1.54) is 32.1 Å². The number of H-pyrrole nitrogens is 1. The Morgan fingerprint density at radius 2 is 2.22 bits per heavy atom. The fraction of sp³-hybridized carbons (Fsp3) is 0.375. The van der Waals surface area contributed by atoms with Crippen LogP contribution in [0.3, 0.4) is 0 Å². The minimum absolute atomic E-state index is 0.207. The number of halogens is 2. The Morgan fingerprint density at radius 1 is 1.43 bits per heavy atom. The van der Waals surface area contributed by atoms with Crippen molar-refractivity contribution in [3.05, 3.63) is 29.2 Å². The highest BCUT2D eigenvalue weighted by Gasteiger charge is 2.31. The van der Waals surface area contributed by atoms with Crippen LogP contribution in [0.15, 0.2) is 18.3 Å². The van der Waals surface area contributed by atoms with E-state index in [2.05, 4.69) is 22.0 Å². The molecule has 23 heavy (non-hydrogen) atoms. The fourth-order valence-electron chi connectivity index (χ4n) is 2.92. The van der Waals surface area contributed by atoms with Crippen molar-refractivity contribution < 1.29 is 9.13 Å². The van der Waals surface area contributed by atoms with Gasteiger partial charge >= 0.3 is 0 Å². The van der Waals surface area contributed by atoms with Gasteiger partial charge in [0.1, 0.15) is 22.9 Å². The van der Waals surface area contributed by atoms with Crippen molar-refractivity contribution in [2.45, 2.75) is 25.8 Å². The molecule has 0 saturated heterocycles. The second kappa shape index (κ2) is 5.23. The molecular weight excluding hydrogens is 319 g/mol. The molecule has 1 fully saturated rings. The summed E-state index contributed by atoms with van der Waals surface area (Å²) in [4.78, 5) is 7.64. The SMILES string of the molecule is COc1ccc(F)c(-c2nc3c(cnn3[C@H](C)C3CC3)[nH]2)c1Cl. The van der Waals surface area contributed by atoms with E-state index < -0.39 is 5.82 Å². The normalized spacial score (nSPS) is 16.0. The van der Waals surface area contributed by atoms with Crippen LogP contribution in [0.2, 0.25) is 5.02 Å². The number of aromatic amines is 1. The molecule has 1 aromatic carbocycles. The number of imidazole rings is 1. The van der Waals surface area contributed by atoms with Gasteiger partial charge in [-0.3, -0.25) is 0 Å². The fourth-order valence-corrected chi connectivity index (χ4v) is 3.24. The summed E-state index contributed by atoms with van der Waals surface area (Å²) in [6.45, 7) is 2.14. The van der Waals surface area contributed by atoms with Gasteiger partial charge in [-0.1, -0.05) is 11.6 Å². The molecule has 4 rings (SSSR count). The van der Waals surface area contributed by atoms with Crippen LogP contribution >= 0.6 is 11.6 Å². The van der Waals surface area contributed by atoms with Crippen LogP contribution in [0.1, 0.15) is 25.8 Å². The number of rotatable bonds is 4. The third-order valence-corrected chi connectivity index (χ3v) is 4.82. The molecular formula is C16H16ClFN4O. The van der Waals surface area contributed by atoms with E-state index in [1.807, 2.05) is 4.68 Å². The number of fused-ring (bicyclic) bond motifs is 1. The standard InChI is InChI=1S/C16H16ClFN4O/c1-8(9-3-4-9)22-16-11(7-19-22)20-15(21-16)13-10(18)5-6-12(23-2)14(13)17/h5-9H,3-4H2,1-2H3,(H,20,21)/t8-/m1/s1. The Balaban J connectivity index is 1.84. The zero-order valence-corrected chi connectivity index (χ0v) is 13.6. The van der Waals surface area contributed by atoms with Gasteiger partial charge in [0.15, 0.2) is 5.65 Å². The average Bonchev–Trinajstić information content (AvgIpc) is 3.19. The molecule has 1 atom stereocenters. The molecule has 7 heteroatoms. The smallest absolute Gasteiger partial charge is 0.177 e. The Morgan fingerprint density at radius 3 is 2.91 bits per heavy atom. The molecule has 0 amide bonds. The van der Waals surface area contributed by atoms with Crippen LogP contribution in [0.25, 0.3) is 22.6 Å². The molecule has 120 valence electrons. The van der Waals surface area contributed by atoms with Crippen LogP contribution < -0.4 is 4.74 Å². The Labute approximate surface area is 137 Å². The van der Waals surface area contributed by atoms with Crippen LogP contribution in [0.4, 0.5) is 4.39 Å². The molecule has 0 unspecified atom stereocenters. The van der Waals surface area contributed by atoms with E-state index in [4.69, 9.17) is 16.3 Å². The third kappa shape index (κ3) is 2.28. The first-order valence-electron chi connectivity index (χ1n) is 7.55. The predicted octanol–water partition coefficient (Wildman–Crippen LogP) is 4.20. The largest absolute Gasteiger partial charge is 0.495 e. The molecule has 0 bridgehead atoms. The summed E-state index contributed by atoms with van der Waals surface area (Å²) >= 11 is 6.26. The van der Waals surface area contributed by atoms with Crippen molar-refractivity contribution >= 4 is 22.8 Å². The average molecular weight is 335 g/mol. The van der Waals surface area contributed by atoms with Crippen molar-refractivity contribution in [3.63, 3.8) is 0 Å². The maximum Gasteiger partial charge on any atom is 0.177 e. The van der Waals surface area contributed by atoms with E-state index in [0.29, 0.717) is 17.5 Å². The van der Waals surface area contributed by atoms with Gasteiger partial charge in [0.25, 0.3) is 0 Å². The number of nitrogens with zero attached hydrogens (tertiary/aromatic N) is 3. The Bertz CT molecular complexity index is 884. The highest BCUT2D eigenvalue weighted by molar-refractivity contribution is 6.34. The van der Waals surface area contributed by atoms with Crippen molar-refractivity contribution in [3.8, 4) is 17.1 Å². The molecule has 1 saturated carbocycles. The van der Waals surface area contributed by atoms with Crippen LogP contribution in [0.5, 0.6) is 5.75 Å². The van der Waals surface area contributed by atoms with E-state index in [0.717, 1.165) is 11.2 Å². The van der Waals surface area contributed by atoms with E-state index in [1.54, 1.807) is 6.20 Å². The summed E-state index contributed by atoms with van der Waals surface area (Å²) in [5.41, 5.74) is 1.70. The number of hydrogen-bond acceptors (Lipinski definition) is 3. The van der Waals surface area contributed by atoms with Gasteiger partial charge < -0.3 is 9.72 Å². The molecule has 0 radical (unpaired) electrons. The first kappa shape index (κ1) is 14.5. The highest BCUT2D eigenvalue weighted by atomic mass is 35.5. The molecule has 1 aliphatic rings. The number of benzene rings is 1. The van der Waals surface area contributed by atoms with Gasteiger partial charge in [0.2, 0.25) is 0 Å². The Kier molecular flexibility index (Phi) is 3.30. The van der Waals surface area contributed by atoms with Gasteiger partial charge in [0, 0.05) is 0 Å². The van der Waals surface area contributed by atoms with Gasteiger partial charge in [-0.2, -0.15) is 5.10 Å². The van der Waals surface area contributed by atoms with E-state index >= 15 is 0 Å². The number of hydrogen-bond donors (Lipinski definition) is 1. The van der Waals surface area contributed by atoms with Crippen LogP contribution in [-0.4, -0.2) is 26.9 Å². The van der Waals surface area contributed by atoms with E-state index in [9.17, 15) is 4.39 Å². The van der Waals surface area contributed by atoms with Gasteiger partial charge in [-0.15, -0.1) is 0 Å². The van der Waals surface area contributed by atoms with Gasteiger partial charge in [-0.25, -0.2) is 14.1 Å². The van der Waals surface area contributed by atoms with Crippen LogP contribution in [0, 0.1) is 11.7 Å². The first-order chi connectivity index (χ1) is 11.1. The minimum Gasteiger partial charge on any atom is -0.495 e. The zero-order valence-electron chi connectivity index (χ0n) is 12.8. The molecule has 0 spiro atoms. The Hall–Kier alpha value is -2.08. The van der Waals surface area contributed by atoms with Crippen molar-refractivity contribution in [1.29, 1.82) is 0 Å². The van der Waals surface area contributed by atoms with Gasteiger partial charge in [-0.05, 0) is 37.8 Å². The summed E-state index contributed by atoms with van der Waals surface area (Å²) in [6.07, 6.45) is 4.16. The van der Waals surface area contributed by atoms with Crippen molar-refractivity contribution in [2.75, 3.05) is 7.11 Å².